The summed E-state index contributed by atoms with van der Waals surface area (Å²) >= 11 is 3.50. The zero-order valence-corrected chi connectivity index (χ0v) is 32.9. The van der Waals surface area contributed by atoms with E-state index in [0.717, 1.165) is 58.7 Å². The van der Waals surface area contributed by atoms with Crippen molar-refractivity contribution in [2.24, 2.45) is 10.8 Å². The molecule has 0 saturated heterocycles. The second-order valence-electron chi connectivity index (χ2n) is 13.7. The third-order valence-corrected chi connectivity index (χ3v) is 11.9. The molecule has 5 nitrogen and oxygen atoms in total. The number of ketones is 1. The minimum absolute atomic E-state index is 0. The van der Waals surface area contributed by atoms with E-state index in [0.29, 0.717) is 5.71 Å². The molecule has 8 heteroatoms. The number of aliphatic hydroxyl groups excluding tert-OH is 1. The van der Waals surface area contributed by atoms with E-state index in [1.165, 1.54) is 26.4 Å². The fourth-order valence-electron chi connectivity index (χ4n) is 5.69. The molecule has 0 aliphatic carbocycles. The van der Waals surface area contributed by atoms with Gasteiger partial charge in [0.15, 0.2) is 5.78 Å². The van der Waals surface area contributed by atoms with Crippen LogP contribution in [0.25, 0.3) is 53.5 Å². The first-order valence-corrected chi connectivity index (χ1v) is 18.0. The number of rotatable bonds is 8. The number of aliphatic hydroxyl groups is 1. The molecule has 4 heterocycles. The summed E-state index contributed by atoms with van der Waals surface area (Å²) in [7, 11) is 0. The van der Waals surface area contributed by atoms with Gasteiger partial charge in [-0.1, -0.05) is 73.4 Å². The number of hydrogen-bond donors (Lipinski definition) is 1. The van der Waals surface area contributed by atoms with Crippen LogP contribution in [-0.4, -0.2) is 20.9 Å². The Morgan fingerprint density at radius 2 is 1.51 bits per heavy atom. The third kappa shape index (κ3) is 6.98. The number of benzene rings is 2. The first kappa shape index (κ1) is 36.9. The van der Waals surface area contributed by atoms with Gasteiger partial charge in [0.1, 0.15) is 17.7 Å². The van der Waals surface area contributed by atoms with Crippen LogP contribution in [0.5, 0.6) is 0 Å². The molecule has 0 fully saturated rings. The van der Waals surface area contributed by atoms with Crippen LogP contribution < -0.4 is 0 Å². The molecule has 47 heavy (non-hydrogen) atoms. The molecule has 0 spiro atoms. The van der Waals surface area contributed by atoms with E-state index in [9.17, 15) is 9.90 Å². The van der Waals surface area contributed by atoms with E-state index in [1.807, 2.05) is 47.6 Å². The summed E-state index contributed by atoms with van der Waals surface area (Å²) in [4.78, 5) is 21.3. The van der Waals surface area contributed by atoms with Gasteiger partial charge in [-0.25, -0.2) is 4.98 Å². The van der Waals surface area contributed by atoms with Gasteiger partial charge in [0.2, 0.25) is 5.71 Å². The maximum atomic E-state index is 12.2. The Balaban J connectivity index is 0.000000242. The molecule has 1 N–H and O–H groups in total. The smallest absolute Gasteiger partial charge is 0.223 e. The number of furan rings is 1. The molecule has 1 radical (unpaired) electrons. The van der Waals surface area contributed by atoms with Gasteiger partial charge in [0.25, 0.3) is 0 Å². The predicted molar refractivity (Wildman–Crippen MR) is 196 cm³/mol. The molecule has 251 valence electrons. The maximum Gasteiger partial charge on any atom is 0.223 e. The van der Waals surface area contributed by atoms with Crippen LogP contribution in [0, 0.1) is 16.9 Å². The van der Waals surface area contributed by atoms with Gasteiger partial charge in [-0.2, -0.15) is 11.3 Å². The van der Waals surface area contributed by atoms with Crippen LogP contribution in [0.2, 0.25) is 0 Å². The van der Waals surface area contributed by atoms with Gasteiger partial charge in [0.05, 0.1) is 0 Å². The monoisotopic (exact) mass is 846 g/mol. The molecule has 4 aromatic heterocycles. The van der Waals surface area contributed by atoms with Crippen molar-refractivity contribution in [1.29, 1.82) is 0 Å². The molecule has 0 aliphatic heterocycles. The first-order valence-electron chi connectivity index (χ1n) is 16.2. The van der Waals surface area contributed by atoms with Crippen molar-refractivity contribution in [3.05, 3.63) is 70.9 Å². The van der Waals surface area contributed by atoms with Crippen molar-refractivity contribution in [3.8, 4) is 11.3 Å². The van der Waals surface area contributed by atoms with Crippen LogP contribution in [0.1, 0.15) is 93.6 Å². The SMILES string of the molecule is CC(C)(C)c1cc(-c2ncnc3oc4ccc5ccsc5c4c23)[c-]c2ccsc12.CCC(C)(CC)C(=O)/C=C(\O)C(C)(CC)CC.[Ir]. The van der Waals surface area contributed by atoms with Gasteiger partial charge in [-0.15, -0.1) is 34.9 Å². The molecule has 0 bridgehead atoms. The summed E-state index contributed by atoms with van der Waals surface area (Å²) in [6, 6.07) is 14.3. The molecule has 6 aromatic rings. The van der Waals surface area contributed by atoms with E-state index in [2.05, 4.69) is 66.8 Å². The number of fused-ring (bicyclic) bond motifs is 6. The zero-order valence-electron chi connectivity index (χ0n) is 28.8. The summed E-state index contributed by atoms with van der Waals surface area (Å²) < 4.78 is 8.61. The summed E-state index contributed by atoms with van der Waals surface area (Å²) in [5.74, 6) is 0.286. The van der Waals surface area contributed by atoms with Crippen molar-refractivity contribution < 1.29 is 34.4 Å². The Labute approximate surface area is 299 Å². The Morgan fingerprint density at radius 1 is 0.872 bits per heavy atom. The topological polar surface area (TPSA) is 76.2 Å². The fourth-order valence-corrected chi connectivity index (χ4v) is 7.71. The van der Waals surface area contributed by atoms with E-state index in [-0.39, 0.29) is 47.9 Å². The third-order valence-electron chi connectivity index (χ3n) is 9.99. The maximum absolute atomic E-state index is 12.2. The van der Waals surface area contributed by atoms with Crippen LogP contribution in [0.4, 0.5) is 0 Å². The van der Waals surface area contributed by atoms with Crippen LogP contribution >= 0.6 is 22.7 Å². The second kappa shape index (κ2) is 14.3. The van der Waals surface area contributed by atoms with E-state index in [4.69, 9.17) is 9.40 Å². The Morgan fingerprint density at radius 3 is 2.15 bits per heavy atom. The molecular weight excluding hydrogens is 801 g/mol. The summed E-state index contributed by atoms with van der Waals surface area (Å²) in [6.07, 6.45) is 6.35. The number of hydrogen-bond acceptors (Lipinski definition) is 7. The summed E-state index contributed by atoms with van der Waals surface area (Å²) in [5, 5.41) is 18.8. The summed E-state index contributed by atoms with van der Waals surface area (Å²) in [5.41, 5.74) is 4.09. The van der Waals surface area contributed by atoms with E-state index in [1.54, 1.807) is 29.0 Å². The van der Waals surface area contributed by atoms with Crippen molar-refractivity contribution >= 4 is 70.7 Å². The molecular formula is C39H45IrN2O3S2-. The van der Waals surface area contributed by atoms with Crippen LogP contribution in [-0.2, 0) is 30.3 Å². The Hall–Kier alpha value is -2.90. The van der Waals surface area contributed by atoms with Gasteiger partial charge in [-0.3, -0.25) is 9.78 Å². The standard InChI is InChI=1S/C24H17N2OS2.C15H28O2.Ir/c1-24(2,3)16-11-15(10-14-7-9-28-21(14)16)20-19-18-17(27-23(19)26-12-25-20)5-4-13-6-8-29-22(13)18;1-7-14(5,8-2)12(16)11-13(17)15(6,9-3)10-4;/h4-9,11-12H,1-3H3;11,16H,7-10H2,1-6H3;/q-1;;/b;12-11-;. The number of carbonyl (C=O) groups is 1. The van der Waals surface area contributed by atoms with Crippen molar-refractivity contribution in [3.63, 3.8) is 0 Å². The van der Waals surface area contributed by atoms with Gasteiger partial charge >= 0.3 is 0 Å². The van der Waals surface area contributed by atoms with Crippen LogP contribution in [0.3, 0.4) is 0 Å². The van der Waals surface area contributed by atoms with Crippen LogP contribution in [0.15, 0.2) is 63.7 Å². The summed E-state index contributed by atoms with van der Waals surface area (Å²) in [6.45, 7) is 18.8. The van der Waals surface area contributed by atoms with Crippen molar-refractivity contribution in [2.45, 2.75) is 93.4 Å². The molecule has 6 rings (SSSR count). The Bertz CT molecular complexity index is 2050. The molecule has 0 aliphatic rings. The predicted octanol–water partition coefficient (Wildman–Crippen LogP) is 12.2. The average molecular weight is 846 g/mol. The number of allylic oxidation sites excluding steroid dienone is 2. The minimum atomic E-state index is -0.337. The molecule has 0 saturated carbocycles. The van der Waals surface area contributed by atoms with Gasteiger partial charge in [0, 0.05) is 58.2 Å². The number of thiophene rings is 2. The van der Waals surface area contributed by atoms with E-state index < -0.39 is 0 Å². The Kier molecular flexibility index (Phi) is 11.2. The first-order chi connectivity index (χ1) is 21.8. The molecule has 2 aromatic carbocycles. The molecule has 0 atom stereocenters. The van der Waals surface area contributed by atoms with Crippen molar-refractivity contribution in [1.82, 2.24) is 9.97 Å². The molecule has 0 unspecified atom stereocenters. The largest absolute Gasteiger partial charge is 0.512 e. The second-order valence-corrected chi connectivity index (χ2v) is 15.6. The number of aromatic nitrogens is 2. The minimum Gasteiger partial charge on any atom is -0.512 e. The number of nitrogens with zero attached hydrogens (tertiary/aromatic N) is 2. The average Bonchev–Trinajstić information content (AvgIpc) is 3.80. The zero-order chi connectivity index (χ0) is 33.4. The van der Waals surface area contributed by atoms with E-state index >= 15 is 0 Å². The van der Waals surface area contributed by atoms with Gasteiger partial charge < -0.3 is 9.52 Å². The fraction of sp³-hybridized carbons (Fsp3) is 0.410. The van der Waals surface area contributed by atoms with Gasteiger partial charge in [-0.05, 0) is 70.1 Å². The van der Waals surface area contributed by atoms with Crippen molar-refractivity contribution in [2.75, 3.05) is 0 Å². The molecule has 0 amide bonds. The quantitative estimate of drug-likeness (QED) is 0.0938. The normalized spacial score (nSPS) is 12.8. The number of carbonyl (C=O) groups excluding carboxylic acids is 1.